The monoisotopic (exact) mass is 363 g/mol. The molecule has 0 bridgehead atoms. The van der Waals surface area contributed by atoms with Gasteiger partial charge in [0.05, 0.1) is 6.54 Å². The van der Waals surface area contributed by atoms with Gasteiger partial charge in [0, 0.05) is 24.7 Å². The molecule has 6 nitrogen and oxygen atoms in total. The Labute approximate surface area is 150 Å². The van der Waals surface area contributed by atoms with Crippen molar-refractivity contribution in [2.24, 2.45) is 0 Å². The topological polar surface area (TPSA) is 76.1 Å². The van der Waals surface area contributed by atoms with E-state index >= 15 is 0 Å². The van der Waals surface area contributed by atoms with Gasteiger partial charge in [-0.2, -0.15) is 0 Å². The summed E-state index contributed by atoms with van der Waals surface area (Å²) in [4.78, 5) is 24.3. The Kier molecular flexibility index (Phi) is 6.25. The van der Waals surface area contributed by atoms with Gasteiger partial charge < -0.3 is 19.5 Å². The van der Waals surface area contributed by atoms with E-state index in [9.17, 15) is 14.7 Å². The number of carboxylic acids is 1. The molecule has 2 aromatic rings. The number of anilines is 1. The molecule has 1 N–H and O–H groups in total. The first kappa shape index (κ1) is 18.6. The van der Waals surface area contributed by atoms with Gasteiger partial charge in [0.1, 0.15) is 23.7 Å². The van der Waals surface area contributed by atoms with E-state index in [1.165, 1.54) is 19.1 Å². The van der Waals surface area contributed by atoms with Crippen LogP contribution in [-0.4, -0.2) is 37.2 Å². The van der Waals surface area contributed by atoms with Crippen LogP contribution < -0.4 is 14.4 Å². The van der Waals surface area contributed by atoms with Crippen molar-refractivity contribution in [1.29, 1.82) is 0 Å². The van der Waals surface area contributed by atoms with Crippen molar-refractivity contribution in [2.45, 2.75) is 6.92 Å². The van der Waals surface area contributed by atoms with Gasteiger partial charge in [-0.1, -0.05) is 11.6 Å². The molecule has 0 saturated heterocycles. The van der Waals surface area contributed by atoms with E-state index in [1.54, 1.807) is 30.3 Å². The third-order valence-electron chi connectivity index (χ3n) is 3.40. The molecule has 0 spiro atoms. The number of carbonyl (C=O) groups is 2. The number of esters is 1. The summed E-state index contributed by atoms with van der Waals surface area (Å²) in [5.41, 5.74) is 0.603. The summed E-state index contributed by atoms with van der Waals surface area (Å²) in [7, 11) is 1.82. The highest BCUT2D eigenvalue weighted by Gasteiger charge is 2.15. The lowest BCUT2D eigenvalue weighted by Gasteiger charge is -2.20. The fourth-order valence-corrected chi connectivity index (χ4v) is 2.25. The van der Waals surface area contributed by atoms with E-state index in [-0.39, 0.29) is 11.3 Å². The van der Waals surface area contributed by atoms with Gasteiger partial charge in [0.2, 0.25) is 0 Å². The first-order chi connectivity index (χ1) is 11.9. The molecule has 0 fully saturated rings. The van der Waals surface area contributed by atoms with Crippen molar-refractivity contribution >= 4 is 29.2 Å². The normalized spacial score (nSPS) is 10.2. The van der Waals surface area contributed by atoms with E-state index < -0.39 is 11.9 Å². The molecule has 0 amide bonds. The fraction of sp³-hybridized carbons (Fsp3) is 0.222. The lowest BCUT2D eigenvalue weighted by atomic mass is 10.1. The third-order valence-corrected chi connectivity index (χ3v) is 3.65. The molecule has 0 aromatic heterocycles. The number of nitrogens with zero attached hydrogens (tertiary/aromatic N) is 1. The molecule has 0 heterocycles. The summed E-state index contributed by atoms with van der Waals surface area (Å²) in [6, 6.07) is 11.7. The lowest BCUT2D eigenvalue weighted by Crippen LogP contribution is -2.24. The van der Waals surface area contributed by atoms with E-state index in [0.717, 1.165) is 0 Å². The van der Waals surface area contributed by atoms with Crippen molar-refractivity contribution in [1.82, 2.24) is 0 Å². The second kappa shape index (κ2) is 8.39. The average molecular weight is 364 g/mol. The van der Waals surface area contributed by atoms with Crippen LogP contribution in [0.1, 0.15) is 17.3 Å². The van der Waals surface area contributed by atoms with Crippen molar-refractivity contribution < 1.29 is 24.2 Å². The fourth-order valence-electron chi connectivity index (χ4n) is 2.13. The smallest absolute Gasteiger partial charge is 0.339 e. The Balaban J connectivity index is 2.01. The van der Waals surface area contributed by atoms with E-state index in [2.05, 4.69) is 0 Å². The number of carbonyl (C=O) groups excluding carboxylic acids is 1. The van der Waals surface area contributed by atoms with Crippen LogP contribution >= 0.6 is 11.6 Å². The molecular formula is C18H18ClNO5. The molecule has 0 saturated carbocycles. The maximum absolute atomic E-state index is 11.4. The number of aromatic carboxylic acids is 1. The van der Waals surface area contributed by atoms with Gasteiger partial charge in [-0.15, -0.1) is 0 Å². The summed E-state index contributed by atoms with van der Waals surface area (Å²) >= 11 is 5.82. The Bertz CT molecular complexity index is 761. The van der Waals surface area contributed by atoms with Crippen molar-refractivity contribution in [3.8, 4) is 11.5 Å². The Morgan fingerprint density at radius 3 is 2.44 bits per heavy atom. The van der Waals surface area contributed by atoms with Crippen LogP contribution in [0.2, 0.25) is 5.02 Å². The quantitative estimate of drug-likeness (QED) is 0.599. The molecule has 7 heteroatoms. The zero-order chi connectivity index (χ0) is 18.4. The van der Waals surface area contributed by atoms with Gasteiger partial charge in [0.15, 0.2) is 0 Å². The predicted molar refractivity (Wildman–Crippen MR) is 94.9 cm³/mol. The number of rotatable bonds is 7. The summed E-state index contributed by atoms with van der Waals surface area (Å²) in [6.07, 6.45) is 0. The van der Waals surface area contributed by atoms with E-state index in [1.807, 2.05) is 11.9 Å². The summed E-state index contributed by atoms with van der Waals surface area (Å²) < 4.78 is 10.5. The molecule has 0 aliphatic rings. The molecule has 25 heavy (non-hydrogen) atoms. The maximum atomic E-state index is 11.4. The zero-order valence-electron chi connectivity index (χ0n) is 13.9. The van der Waals surface area contributed by atoms with Crippen LogP contribution in [-0.2, 0) is 4.79 Å². The lowest BCUT2D eigenvalue weighted by molar-refractivity contribution is -0.131. The molecule has 2 aromatic carbocycles. The molecule has 0 radical (unpaired) electrons. The average Bonchev–Trinajstić information content (AvgIpc) is 2.56. The zero-order valence-corrected chi connectivity index (χ0v) is 14.6. The Morgan fingerprint density at radius 2 is 1.84 bits per heavy atom. The minimum atomic E-state index is -1.16. The first-order valence-electron chi connectivity index (χ1n) is 7.52. The van der Waals surface area contributed by atoms with Gasteiger partial charge >= 0.3 is 11.9 Å². The molecule has 0 atom stereocenters. The van der Waals surface area contributed by atoms with Crippen molar-refractivity contribution in [3.05, 3.63) is 53.1 Å². The SMILES string of the molecule is CC(=O)Oc1ccc(N(C)CCOc2ccc(Cl)cc2)cc1C(=O)O. The molecule has 0 unspecified atom stereocenters. The van der Waals surface area contributed by atoms with Crippen LogP contribution in [0.25, 0.3) is 0 Å². The maximum Gasteiger partial charge on any atom is 0.339 e. The standard InChI is InChI=1S/C18H18ClNO5/c1-12(21)25-17-8-5-14(11-16(17)18(22)23)20(2)9-10-24-15-6-3-13(19)4-7-15/h3-8,11H,9-10H2,1-2H3,(H,22,23). The van der Waals surface area contributed by atoms with Crippen LogP contribution in [0.5, 0.6) is 11.5 Å². The number of halogens is 1. The van der Waals surface area contributed by atoms with E-state index in [0.29, 0.717) is 29.6 Å². The van der Waals surface area contributed by atoms with Crippen LogP contribution in [0.4, 0.5) is 5.69 Å². The number of likely N-dealkylation sites (N-methyl/N-ethyl adjacent to an activating group) is 1. The summed E-state index contributed by atoms with van der Waals surface area (Å²) in [5, 5.41) is 9.92. The van der Waals surface area contributed by atoms with Gasteiger partial charge in [0.25, 0.3) is 0 Å². The van der Waals surface area contributed by atoms with Crippen molar-refractivity contribution in [2.75, 3.05) is 25.1 Å². The highest BCUT2D eigenvalue weighted by atomic mass is 35.5. The largest absolute Gasteiger partial charge is 0.492 e. The number of ether oxygens (including phenoxy) is 2. The molecule has 0 aliphatic carbocycles. The van der Waals surface area contributed by atoms with Crippen LogP contribution in [0, 0.1) is 0 Å². The summed E-state index contributed by atoms with van der Waals surface area (Å²) in [5.74, 6) is -1.01. The third kappa shape index (κ3) is 5.39. The molecule has 0 aliphatic heterocycles. The van der Waals surface area contributed by atoms with Gasteiger partial charge in [-0.3, -0.25) is 4.79 Å². The highest BCUT2D eigenvalue weighted by molar-refractivity contribution is 6.30. The second-order valence-corrected chi connectivity index (χ2v) is 5.74. The van der Waals surface area contributed by atoms with Gasteiger partial charge in [-0.25, -0.2) is 4.79 Å². The minimum absolute atomic E-state index is 0.0227. The van der Waals surface area contributed by atoms with E-state index in [4.69, 9.17) is 21.1 Å². The molecular weight excluding hydrogens is 346 g/mol. The van der Waals surface area contributed by atoms with Crippen LogP contribution in [0.3, 0.4) is 0 Å². The van der Waals surface area contributed by atoms with Crippen LogP contribution in [0.15, 0.2) is 42.5 Å². The van der Waals surface area contributed by atoms with Crippen molar-refractivity contribution in [3.63, 3.8) is 0 Å². The Hall–Kier alpha value is -2.73. The predicted octanol–water partition coefficient (Wildman–Crippen LogP) is 3.48. The summed E-state index contributed by atoms with van der Waals surface area (Å²) in [6.45, 7) is 2.17. The number of carboxylic acid groups (broad SMARTS) is 1. The first-order valence-corrected chi connectivity index (χ1v) is 7.90. The molecule has 2 rings (SSSR count). The van der Waals surface area contributed by atoms with Gasteiger partial charge in [-0.05, 0) is 42.5 Å². The molecule has 132 valence electrons. The minimum Gasteiger partial charge on any atom is -0.492 e. The Morgan fingerprint density at radius 1 is 1.16 bits per heavy atom. The second-order valence-electron chi connectivity index (χ2n) is 5.30. The number of benzene rings is 2. The highest BCUT2D eigenvalue weighted by Crippen LogP contribution is 2.25. The number of hydrogen-bond donors (Lipinski definition) is 1. The number of hydrogen-bond acceptors (Lipinski definition) is 5.